The topological polar surface area (TPSA) is 74.0 Å². The van der Waals surface area contributed by atoms with Crippen molar-refractivity contribution in [2.45, 2.75) is 6.54 Å². The fraction of sp³-hybridized carbons (Fsp3) is 0.182. The van der Waals surface area contributed by atoms with E-state index in [0.717, 1.165) is 17.0 Å². The highest BCUT2D eigenvalue weighted by molar-refractivity contribution is 5.57. The Bertz CT molecular complexity index is 605. The van der Waals surface area contributed by atoms with Gasteiger partial charge in [-0.3, -0.25) is 4.68 Å². The molecule has 0 amide bonds. The molecule has 0 aliphatic heterocycles. The molecule has 6 heteroatoms. The van der Waals surface area contributed by atoms with Crippen LogP contribution in [-0.4, -0.2) is 30.9 Å². The fourth-order valence-electron chi connectivity index (χ4n) is 1.72. The highest BCUT2D eigenvalue weighted by Crippen LogP contribution is 2.15. The lowest BCUT2D eigenvalue weighted by atomic mass is 10.4. The van der Waals surface area contributed by atoms with E-state index in [1.165, 1.54) is 0 Å². The second-order valence-corrected chi connectivity index (χ2v) is 3.75. The summed E-state index contributed by atoms with van der Waals surface area (Å²) < 4.78 is 3.68. The molecular formula is C11H12N6. The van der Waals surface area contributed by atoms with Crippen LogP contribution in [0.1, 0.15) is 0 Å². The molecule has 0 atom stereocenters. The first kappa shape index (κ1) is 9.98. The van der Waals surface area contributed by atoms with Crippen LogP contribution >= 0.6 is 0 Å². The standard InChI is InChI=1S/C11H12N6/c12-4-6-17-8-10(14-15-17)9-7-16-5-2-1-3-11(16)13-9/h1-3,5,7-8H,4,6,12H2. The average molecular weight is 228 g/mol. The molecule has 0 bridgehead atoms. The van der Waals surface area contributed by atoms with Gasteiger partial charge in [-0.15, -0.1) is 5.10 Å². The van der Waals surface area contributed by atoms with Gasteiger partial charge in [0.05, 0.1) is 12.7 Å². The maximum absolute atomic E-state index is 5.46. The van der Waals surface area contributed by atoms with Crippen molar-refractivity contribution in [1.29, 1.82) is 0 Å². The number of rotatable bonds is 3. The van der Waals surface area contributed by atoms with Crippen LogP contribution in [0.3, 0.4) is 0 Å². The summed E-state index contributed by atoms with van der Waals surface area (Å²) in [5, 5.41) is 8.07. The summed E-state index contributed by atoms with van der Waals surface area (Å²) in [5.41, 5.74) is 7.95. The van der Waals surface area contributed by atoms with E-state index in [1.807, 2.05) is 41.2 Å². The summed E-state index contributed by atoms with van der Waals surface area (Å²) in [6.07, 6.45) is 5.75. The molecule has 0 saturated heterocycles. The molecule has 86 valence electrons. The third-order valence-electron chi connectivity index (χ3n) is 2.52. The number of nitrogens with two attached hydrogens (primary N) is 1. The van der Waals surface area contributed by atoms with E-state index in [9.17, 15) is 0 Å². The summed E-state index contributed by atoms with van der Waals surface area (Å²) in [4.78, 5) is 4.47. The average Bonchev–Trinajstić information content (AvgIpc) is 2.94. The summed E-state index contributed by atoms with van der Waals surface area (Å²) in [6.45, 7) is 1.22. The van der Waals surface area contributed by atoms with Crippen molar-refractivity contribution in [3.05, 3.63) is 36.8 Å². The second-order valence-electron chi connectivity index (χ2n) is 3.75. The molecular weight excluding hydrogens is 216 g/mol. The van der Waals surface area contributed by atoms with Crippen molar-refractivity contribution in [1.82, 2.24) is 24.4 Å². The van der Waals surface area contributed by atoms with Gasteiger partial charge in [0.25, 0.3) is 0 Å². The Kier molecular flexibility index (Phi) is 2.34. The van der Waals surface area contributed by atoms with Gasteiger partial charge < -0.3 is 10.1 Å². The van der Waals surface area contributed by atoms with Crippen LogP contribution in [0.5, 0.6) is 0 Å². The van der Waals surface area contributed by atoms with E-state index in [2.05, 4.69) is 15.3 Å². The molecule has 3 heterocycles. The van der Waals surface area contributed by atoms with E-state index in [-0.39, 0.29) is 0 Å². The minimum Gasteiger partial charge on any atom is -0.329 e. The van der Waals surface area contributed by atoms with E-state index >= 15 is 0 Å². The lowest BCUT2D eigenvalue weighted by molar-refractivity contribution is 0.598. The smallest absolute Gasteiger partial charge is 0.137 e. The zero-order chi connectivity index (χ0) is 11.7. The molecule has 3 aromatic rings. The normalized spacial score (nSPS) is 11.1. The van der Waals surface area contributed by atoms with Gasteiger partial charge in [0.1, 0.15) is 17.0 Å². The quantitative estimate of drug-likeness (QED) is 0.710. The molecule has 0 spiro atoms. The monoisotopic (exact) mass is 228 g/mol. The second kappa shape index (κ2) is 3.99. The predicted octanol–water partition coefficient (Wildman–Crippen LogP) is 0.551. The van der Waals surface area contributed by atoms with Crippen molar-refractivity contribution < 1.29 is 0 Å². The predicted molar refractivity (Wildman–Crippen MR) is 63.3 cm³/mol. The van der Waals surface area contributed by atoms with Crippen LogP contribution in [0.2, 0.25) is 0 Å². The summed E-state index contributed by atoms with van der Waals surface area (Å²) in [6, 6.07) is 5.87. The molecule has 0 fully saturated rings. The van der Waals surface area contributed by atoms with Crippen molar-refractivity contribution in [2.24, 2.45) is 5.73 Å². The molecule has 3 rings (SSSR count). The molecule has 0 aromatic carbocycles. The van der Waals surface area contributed by atoms with Crippen molar-refractivity contribution >= 4 is 5.65 Å². The third kappa shape index (κ3) is 1.78. The number of pyridine rings is 1. The zero-order valence-electron chi connectivity index (χ0n) is 9.19. The molecule has 6 nitrogen and oxygen atoms in total. The van der Waals surface area contributed by atoms with E-state index in [4.69, 9.17) is 5.73 Å². The summed E-state index contributed by atoms with van der Waals surface area (Å²) in [5.74, 6) is 0. The summed E-state index contributed by atoms with van der Waals surface area (Å²) >= 11 is 0. The van der Waals surface area contributed by atoms with E-state index in [0.29, 0.717) is 13.1 Å². The van der Waals surface area contributed by atoms with Gasteiger partial charge in [0.15, 0.2) is 0 Å². The van der Waals surface area contributed by atoms with E-state index in [1.54, 1.807) is 4.68 Å². The van der Waals surface area contributed by atoms with Crippen LogP contribution in [0.15, 0.2) is 36.8 Å². The minimum atomic E-state index is 0.550. The van der Waals surface area contributed by atoms with Crippen molar-refractivity contribution in [3.8, 4) is 11.4 Å². The molecule has 2 N–H and O–H groups in total. The van der Waals surface area contributed by atoms with Gasteiger partial charge in [-0.1, -0.05) is 11.3 Å². The molecule has 3 aromatic heterocycles. The first-order valence-corrected chi connectivity index (χ1v) is 5.41. The lowest BCUT2D eigenvalue weighted by Gasteiger charge is -1.92. The van der Waals surface area contributed by atoms with Gasteiger partial charge in [0.2, 0.25) is 0 Å². The van der Waals surface area contributed by atoms with Gasteiger partial charge in [0, 0.05) is 18.9 Å². The molecule has 0 radical (unpaired) electrons. The fourth-order valence-corrected chi connectivity index (χ4v) is 1.72. The van der Waals surface area contributed by atoms with E-state index < -0.39 is 0 Å². The minimum absolute atomic E-state index is 0.550. The van der Waals surface area contributed by atoms with Crippen LogP contribution < -0.4 is 5.73 Å². The Morgan fingerprint density at radius 3 is 2.94 bits per heavy atom. The Labute approximate surface area is 97.7 Å². The number of nitrogens with zero attached hydrogens (tertiary/aromatic N) is 5. The van der Waals surface area contributed by atoms with Crippen LogP contribution in [0.4, 0.5) is 0 Å². The van der Waals surface area contributed by atoms with Crippen LogP contribution in [0, 0.1) is 0 Å². The number of hydrogen-bond donors (Lipinski definition) is 1. The largest absolute Gasteiger partial charge is 0.329 e. The van der Waals surface area contributed by atoms with Gasteiger partial charge in [-0.25, -0.2) is 4.98 Å². The van der Waals surface area contributed by atoms with Crippen molar-refractivity contribution in [2.75, 3.05) is 6.54 Å². The maximum Gasteiger partial charge on any atom is 0.137 e. The molecule has 0 aliphatic carbocycles. The number of hydrogen-bond acceptors (Lipinski definition) is 4. The Balaban J connectivity index is 2.01. The Morgan fingerprint density at radius 1 is 1.18 bits per heavy atom. The first-order valence-electron chi connectivity index (χ1n) is 5.41. The lowest BCUT2D eigenvalue weighted by Crippen LogP contribution is -2.10. The molecule has 0 aliphatic rings. The molecule has 17 heavy (non-hydrogen) atoms. The van der Waals surface area contributed by atoms with Gasteiger partial charge >= 0.3 is 0 Å². The maximum atomic E-state index is 5.46. The van der Waals surface area contributed by atoms with Gasteiger partial charge in [-0.2, -0.15) is 0 Å². The first-order chi connectivity index (χ1) is 8.36. The number of aromatic nitrogens is 5. The molecule has 0 unspecified atom stereocenters. The third-order valence-corrected chi connectivity index (χ3v) is 2.52. The highest BCUT2D eigenvalue weighted by atomic mass is 15.4. The summed E-state index contributed by atoms with van der Waals surface area (Å²) in [7, 11) is 0. The van der Waals surface area contributed by atoms with Crippen LogP contribution in [-0.2, 0) is 6.54 Å². The van der Waals surface area contributed by atoms with Crippen LogP contribution in [0.25, 0.3) is 17.0 Å². The highest BCUT2D eigenvalue weighted by Gasteiger charge is 2.07. The Morgan fingerprint density at radius 2 is 2.12 bits per heavy atom. The van der Waals surface area contributed by atoms with Gasteiger partial charge in [-0.05, 0) is 12.1 Å². The zero-order valence-corrected chi connectivity index (χ0v) is 9.19. The molecule has 0 saturated carbocycles. The SMILES string of the molecule is NCCn1cc(-c2cn3ccccc3n2)nn1. The Hall–Kier alpha value is -2.21. The van der Waals surface area contributed by atoms with Crippen molar-refractivity contribution in [3.63, 3.8) is 0 Å². The number of fused-ring (bicyclic) bond motifs is 1. The number of imidazole rings is 1.